The van der Waals surface area contributed by atoms with Crippen molar-refractivity contribution in [2.75, 3.05) is 6.54 Å². The molecule has 3 heteroatoms. The van der Waals surface area contributed by atoms with E-state index in [1.165, 1.54) is 15.6 Å². The van der Waals surface area contributed by atoms with Crippen molar-refractivity contribution in [1.29, 1.82) is 0 Å². The molecule has 0 saturated carbocycles. The lowest BCUT2D eigenvalue weighted by molar-refractivity contribution is -0.118. The molecule has 1 aromatic heterocycles. The van der Waals surface area contributed by atoms with Crippen LogP contribution in [0.4, 0.5) is 0 Å². The fourth-order valence-electron chi connectivity index (χ4n) is 2.31. The van der Waals surface area contributed by atoms with E-state index in [1.54, 1.807) is 11.3 Å². The van der Waals surface area contributed by atoms with Crippen LogP contribution in [-0.4, -0.2) is 12.3 Å². The van der Waals surface area contributed by atoms with Gasteiger partial charge >= 0.3 is 0 Å². The van der Waals surface area contributed by atoms with Crippen LogP contribution in [0.25, 0.3) is 10.1 Å². The molecule has 2 nitrogen and oxygen atoms in total. The molecule has 0 aliphatic carbocycles. The van der Waals surface area contributed by atoms with Gasteiger partial charge in [-0.25, -0.2) is 0 Å². The summed E-state index contributed by atoms with van der Waals surface area (Å²) in [6.07, 6.45) is 3.21. The first-order chi connectivity index (χ1) is 9.20. The Balaban J connectivity index is 1.92. The summed E-state index contributed by atoms with van der Waals surface area (Å²) >= 11 is 1.72. The van der Waals surface area contributed by atoms with Gasteiger partial charge in [0.05, 0.1) is 0 Å². The van der Waals surface area contributed by atoms with Crippen molar-refractivity contribution in [2.24, 2.45) is 11.7 Å². The van der Waals surface area contributed by atoms with Crippen LogP contribution in [0.1, 0.15) is 31.7 Å². The summed E-state index contributed by atoms with van der Waals surface area (Å²) in [7, 11) is 0. The summed E-state index contributed by atoms with van der Waals surface area (Å²) in [4.78, 5) is 12.0. The van der Waals surface area contributed by atoms with Crippen molar-refractivity contribution in [3.05, 3.63) is 35.2 Å². The fraction of sp³-hybridized carbons (Fsp3) is 0.438. The van der Waals surface area contributed by atoms with Crippen molar-refractivity contribution in [2.45, 2.75) is 32.6 Å². The van der Waals surface area contributed by atoms with Gasteiger partial charge < -0.3 is 5.73 Å². The van der Waals surface area contributed by atoms with Crippen molar-refractivity contribution < 1.29 is 4.79 Å². The second-order valence-electron chi connectivity index (χ2n) is 5.19. The summed E-state index contributed by atoms with van der Waals surface area (Å²) in [5.41, 5.74) is 6.70. The van der Waals surface area contributed by atoms with Gasteiger partial charge in [0.25, 0.3) is 0 Å². The third-order valence-electron chi connectivity index (χ3n) is 3.52. The van der Waals surface area contributed by atoms with E-state index in [1.807, 2.05) is 12.1 Å². The SMILES string of the molecule is CC(CCN)CCC(=O)Cc1csc2ccccc12. The smallest absolute Gasteiger partial charge is 0.137 e. The number of thiophene rings is 1. The average molecular weight is 275 g/mol. The normalized spacial score (nSPS) is 12.7. The minimum atomic E-state index is 0.340. The molecule has 19 heavy (non-hydrogen) atoms. The number of rotatable bonds is 7. The molecule has 2 N–H and O–H groups in total. The third-order valence-corrected chi connectivity index (χ3v) is 4.54. The largest absolute Gasteiger partial charge is 0.330 e. The molecule has 1 aromatic carbocycles. The number of ketones is 1. The number of benzene rings is 1. The highest BCUT2D eigenvalue weighted by atomic mass is 32.1. The monoisotopic (exact) mass is 275 g/mol. The van der Waals surface area contributed by atoms with Crippen molar-refractivity contribution in [3.63, 3.8) is 0 Å². The first-order valence-electron chi connectivity index (χ1n) is 6.87. The summed E-state index contributed by atoms with van der Waals surface area (Å²) in [5, 5.41) is 3.35. The second-order valence-corrected chi connectivity index (χ2v) is 6.10. The Labute approximate surface area is 118 Å². The highest BCUT2D eigenvalue weighted by Crippen LogP contribution is 2.26. The predicted octanol–water partition coefficient (Wildman–Crippen LogP) is 3.78. The maximum Gasteiger partial charge on any atom is 0.137 e. The van der Waals surface area contributed by atoms with Gasteiger partial charge in [0, 0.05) is 17.5 Å². The molecule has 2 rings (SSSR count). The lowest BCUT2D eigenvalue weighted by atomic mass is 9.97. The van der Waals surface area contributed by atoms with Gasteiger partial charge in [0.1, 0.15) is 5.78 Å². The van der Waals surface area contributed by atoms with Gasteiger partial charge in [-0.05, 0) is 47.7 Å². The zero-order valence-corrected chi connectivity index (χ0v) is 12.2. The molecular formula is C16H21NOS. The predicted molar refractivity (Wildman–Crippen MR) is 82.6 cm³/mol. The van der Waals surface area contributed by atoms with E-state index in [4.69, 9.17) is 5.73 Å². The number of Topliss-reactive ketones (excluding diaryl/α,β-unsaturated/α-hetero) is 1. The Hall–Kier alpha value is -1.19. The molecular weight excluding hydrogens is 254 g/mol. The highest BCUT2D eigenvalue weighted by molar-refractivity contribution is 7.17. The van der Waals surface area contributed by atoms with E-state index in [-0.39, 0.29) is 0 Å². The van der Waals surface area contributed by atoms with Crippen LogP contribution in [0.3, 0.4) is 0 Å². The van der Waals surface area contributed by atoms with Gasteiger partial charge in [-0.15, -0.1) is 11.3 Å². The zero-order valence-electron chi connectivity index (χ0n) is 11.4. The van der Waals surface area contributed by atoms with E-state index < -0.39 is 0 Å². The molecule has 102 valence electrons. The molecule has 1 heterocycles. The number of nitrogens with two attached hydrogens (primary N) is 1. The molecule has 0 bridgehead atoms. The van der Waals surface area contributed by atoms with Crippen molar-refractivity contribution in [1.82, 2.24) is 0 Å². The van der Waals surface area contributed by atoms with Crippen LogP contribution in [-0.2, 0) is 11.2 Å². The minimum absolute atomic E-state index is 0.340. The van der Waals surface area contributed by atoms with Crippen LogP contribution < -0.4 is 5.73 Å². The fourth-order valence-corrected chi connectivity index (χ4v) is 3.27. The number of fused-ring (bicyclic) bond motifs is 1. The number of carbonyl (C=O) groups excluding carboxylic acids is 1. The van der Waals surface area contributed by atoms with Crippen molar-refractivity contribution in [3.8, 4) is 0 Å². The second kappa shape index (κ2) is 6.83. The molecule has 0 amide bonds. The van der Waals surface area contributed by atoms with Crippen LogP contribution in [0.15, 0.2) is 29.6 Å². The van der Waals surface area contributed by atoms with Gasteiger partial charge in [-0.2, -0.15) is 0 Å². The lowest BCUT2D eigenvalue weighted by Gasteiger charge is -2.08. The molecule has 0 spiro atoms. The summed E-state index contributed by atoms with van der Waals surface area (Å²) < 4.78 is 1.27. The maximum absolute atomic E-state index is 12.0. The highest BCUT2D eigenvalue weighted by Gasteiger charge is 2.10. The van der Waals surface area contributed by atoms with E-state index in [9.17, 15) is 4.79 Å². The lowest BCUT2D eigenvalue weighted by Crippen LogP contribution is -2.09. The molecule has 1 unspecified atom stereocenters. The standard InChI is InChI=1S/C16H21NOS/c1-12(8-9-17)6-7-14(18)10-13-11-19-16-5-3-2-4-15(13)16/h2-5,11-12H,6-10,17H2,1H3. The number of hydrogen-bond acceptors (Lipinski definition) is 3. The summed E-state index contributed by atoms with van der Waals surface area (Å²) in [6, 6.07) is 8.29. The molecule has 0 aliphatic rings. The molecule has 0 radical (unpaired) electrons. The molecule has 0 saturated heterocycles. The first kappa shape index (κ1) is 14.2. The topological polar surface area (TPSA) is 43.1 Å². The quantitative estimate of drug-likeness (QED) is 0.835. The van der Waals surface area contributed by atoms with Crippen LogP contribution in [0.5, 0.6) is 0 Å². The van der Waals surface area contributed by atoms with Gasteiger partial charge in [0.15, 0.2) is 0 Å². The summed E-state index contributed by atoms with van der Waals surface area (Å²) in [6.45, 7) is 2.88. The Morgan fingerprint density at radius 2 is 2.11 bits per heavy atom. The summed E-state index contributed by atoms with van der Waals surface area (Å²) in [5.74, 6) is 0.889. The van der Waals surface area contributed by atoms with E-state index in [0.29, 0.717) is 31.1 Å². The zero-order chi connectivity index (χ0) is 13.7. The van der Waals surface area contributed by atoms with Gasteiger partial charge in [-0.1, -0.05) is 25.1 Å². The Bertz CT molecular complexity index is 546. The van der Waals surface area contributed by atoms with Gasteiger partial charge in [-0.3, -0.25) is 4.79 Å². The van der Waals surface area contributed by atoms with E-state index >= 15 is 0 Å². The Kier molecular flexibility index (Phi) is 5.11. The number of hydrogen-bond donors (Lipinski definition) is 1. The van der Waals surface area contributed by atoms with Crippen molar-refractivity contribution >= 4 is 27.2 Å². The average Bonchev–Trinajstić information content (AvgIpc) is 2.80. The minimum Gasteiger partial charge on any atom is -0.330 e. The molecule has 0 aliphatic heterocycles. The van der Waals surface area contributed by atoms with Crippen LogP contribution in [0.2, 0.25) is 0 Å². The maximum atomic E-state index is 12.0. The van der Waals surface area contributed by atoms with E-state index in [2.05, 4.69) is 24.4 Å². The van der Waals surface area contributed by atoms with Crippen LogP contribution >= 0.6 is 11.3 Å². The van der Waals surface area contributed by atoms with Crippen LogP contribution in [0, 0.1) is 5.92 Å². The van der Waals surface area contributed by atoms with E-state index in [0.717, 1.165) is 12.8 Å². The number of carbonyl (C=O) groups is 1. The molecule has 1 atom stereocenters. The third kappa shape index (κ3) is 3.88. The Morgan fingerprint density at radius 1 is 1.32 bits per heavy atom. The first-order valence-corrected chi connectivity index (χ1v) is 7.75. The molecule has 2 aromatic rings. The Morgan fingerprint density at radius 3 is 2.89 bits per heavy atom. The van der Waals surface area contributed by atoms with Gasteiger partial charge in [0.2, 0.25) is 0 Å². The molecule has 0 fully saturated rings.